The number of methoxy groups -OCH3 is 1. The Kier molecular flexibility index (Phi) is 8.99. The van der Waals surface area contributed by atoms with Crippen LogP contribution in [0.3, 0.4) is 0 Å². The van der Waals surface area contributed by atoms with Crippen molar-refractivity contribution in [3.63, 3.8) is 0 Å². The van der Waals surface area contributed by atoms with Gasteiger partial charge in [-0.1, -0.05) is 6.58 Å². The molecule has 50 heavy (non-hydrogen) atoms. The monoisotopic (exact) mass is 702 g/mol. The lowest BCUT2D eigenvalue weighted by Crippen LogP contribution is -2.42. The van der Waals surface area contributed by atoms with E-state index >= 15 is 8.78 Å². The van der Waals surface area contributed by atoms with Crippen molar-refractivity contribution in [3.05, 3.63) is 82.9 Å². The maximum absolute atomic E-state index is 16.3. The summed E-state index contributed by atoms with van der Waals surface area (Å²) >= 11 is 1.14. The highest BCUT2D eigenvalue weighted by Gasteiger charge is 2.35. The summed E-state index contributed by atoms with van der Waals surface area (Å²) in [5, 5.41) is 6.41. The second-order valence-corrected chi connectivity index (χ2v) is 13.9. The van der Waals surface area contributed by atoms with Gasteiger partial charge in [0.25, 0.3) is 0 Å². The van der Waals surface area contributed by atoms with Crippen LogP contribution in [0.25, 0.3) is 43.9 Å². The predicted octanol–water partition coefficient (Wildman–Crippen LogP) is 7.36. The van der Waals surface area contributed by atoms with Crippen LogP contribution in [0.4, 0.5) is 13.2 Å². The van der Waals surface area contributed by atoms with Gasteiger partial charge in [-0.15, -0.1) is 11.3 Å². The number of ether oxygens (including phenoxy) is 2. The van der Waals surface area contributed by atoms with Gasteiger partial charge < -0.3 is 14.4 Å². The third-order valence-electron chi connectivity index (χ3n) is 9.72. The molecule has 0 fully saturated rings. The SMILES string of the molecule is C=CC(=O)N1C[C@H](C)n2nc(-c3nc(-c4cnc5c(c4)CN(C)[C@@H](C)C5)c4scc(F)c4c3-c3c(F)cc(F)cc3OCCOC)cc2[C@H]1C. The molecule has 0 radical (unpaired) electrons. The lowest BCUT2D eigenvalue weighted by molar-refractivity contribution is -0.129. The molecular formula is C37H37F3N6O3S. The molecule has 260 valence electrons. The Hall–Kier alpha value is -4.59. The van der Waals surface area contributed by atoms with Gasteiger partial charge in [0, 0.05) is 78.6 Å². The highest BCUT2D eigenvalue weighted by molar-refractivity contribution is 7.17. The van der Waals surface area contributed by atoms with Crippen LogP contribution >= 0.6 is 11.3 Å². The van der Waals surface area contributed by atoms with Gasteiger partial charge in [-0.3, -0.25) is 19.4 Å². The number of hydrogen-bond acceptors (Lipinski definition) is 8. The topological polar surface area (TPSA) is 85.6 Å². The molecule has 0 spiro atoms. The molecule has 0 saturated carbocycles. The summed E-state index contributed by atoms with van der Waals surface area (Å²) in [6.07, 6.45) is 3.83. The van der Waals surface area contributed by atoms with E-state index in [9.17, 15) is 9.18 Å². The number of likely N-dealkylation sites (N-methyl/N-ethyl adjacent to an activating group) is 1. The molecule has 6 heterocycles. The normalized spacial score (nSPS) is 19.0. The van der Waals surface area contributed by atoms with E-state index in [1.807, 2.05) is 24.6 Å². The van der Waals surface area contributed by atoms with Gasteiger partial charge >= 0.3 is 0 Å². The van der Waals surface area contributed by atoms with Crippen molar-refractivity contribution >= 4 is 27.3 Å². The zero-order valence-electron chi connectivity index (χ0n) is 28.5. The van der Waals surface area contributed by atoms with Crippen LogP contribution in [0.1, 0.15) is 49.8 Å². The summed E-state index contributed by atoms with van der Waals surface area (Å²) in [4.78, 5) is 26.7. The van der Waals surface area contributed by atoms with Gasteiger partial charge in [-0.2, -0.15) is 5.10 Å². The van der Waals surface area contributed by atoms with Gasteiger partial charge in [0.15, 0.2) is 0 Å². The Morgan fingerprint density at radius 3 is 2.62 bits per heavy atom. The number of thiophene rings is 1. The molecule has 0 unspecified atom stereocenters. The van der Waals surface area contributed by atoms with E-state index in [-0.39, 0.29) is 59.2 Å². The lowest BCUT2D eigenvalue weighted by atomic mass is 9.94. The van der Waals surface area contributed by atoms with Crippen molar-refractivity contribution in [3.8, 4) is 39.5 Å². The van der Waals surface area contributed by atoms with E-state index < -0.39 is 17.5 Å². The Morgan fingerprint density at radius 1 is 1.06 bits per heavy atom. The second-order valence-electron chi connectivity index (χ2n) is 13.0. The molecule has 2 aliphatic heterocycles. The molecule has 4 aromatic heterocycles. The van der Waals surface area contributed by atoms with Gasteiger partial charge in [-0.05, 0) is 51.6 Å². The van der Waals surface area contributed by atoms with Gasteiger partial charge in [-0.25, -0.2) is 18.2 Å². The number of carbonyl (C=O) groups excluding carboxylic acids is 1. The molecular weight excluding hydrogens is 666 g/mol. The molecule has 1 aromatic carbocycles. The number of halogens is 3. The minimum Gasteiger partial charge on any atom is -0.490 e. The Morgan fingerprint density at radius 2 is 1.86 bits per heavy atom. The highest BCUT2D eigenvalue weighted by atomic mass is 32.1. The number of benzene rings is 1. The first-order valence-corrected chi connectivity index (χ1v) is 17.3. The van der Waals surface area contributed by atoms with Crippen LogP contribution < -0.4 is 4.74 Å². The molecule has 0 bridgehead atoms. The molecule has 7 rings (SSSR count). The van der Waals surface area contributed by atoms with Crippen LogP contribution in [-0.2, 0) is 22.5 Å². The zero-order chi connectivity index (χ0) is 35.4. The van der Waals surface area contributed by atoms with E-state index in [2.05, 4.69) is 25.5 Å². The molecule has 0 saturated heterocycles. The minimum atomic E-state index is -0.943. The Labute approximate surface area is 292 Å². The first-order chi connectivity index (χ1) is 24.0. The largest absolute Gasteiger partial charge is 0.490 e. The smallest absolute Gasteiger partial charge is 0.246 e. The van der Waals surface area contributed by atoms with E-state index in [4.69, 9.17) is 24.5 Å². The van der Waals surface area contributed by atoms with Crippen LogP contribution in [0, 0.1) is 17.5 Å². The number of pyridine rings is 2. The summed E-state index contributed by atoms with van der Waals surface area (Å²) in [6.45, 7) is 10.9. The van der Waals surface area contributed by atoms with E-state index in [1.165, 1.54) is 18.6 Å². The van der Waals surface area contributed by atoms with Crippen molar-refractivity contribution < 1.29 is 27.4 Å². The summed E-state index contributed by atoms with van der Waals surface area (Å²) in [5.41, 5.74) is 4.36. The number of amides is 1. The van der Waals surface area contributed by atoms with Gasteiger partial charge in [0.2, 0.25) is 5.91 Å². The summed E-state index contributed by atoms with van der Waals surface area (Å²) in [5.74, 6) is -2.72. The van der Waals surface area contributed by atoms with Gasteiger partial charge in [0.05, 0.1) is 40.3 Å². The number of carbonyl (C=O) groups is 1. The van der Waals surface area contributed by atoms with Gasteiger partial charge in [0.1, 0.15) is 41.2 Å². The van der Waals surface area contributed by atoms with E-state index in [0.29, 0.717) is 40.8 Å². The minimum absolute atomic E-state index is 0.00265. The second kappa shape index (κ2) is 13.3. The highest BCUT2D eigenvalue weighted by Crippen LogP contribution is 2.48. The molecule has 1 amide bonds. The standard InChI is InChI=1S/C37H37F3N6O3S/c1-7-31(47)45-16-20(3)46-29(21(45)4)14-28(43-46)36-34(32-25(39)12-24(38)13-30(32)49-9-8-48-6)33-26(40)18-50-37(33)35(42-36)22-11-23-17-44(5)19(2)10-27(23)41-15-22/h7,11-15,18-21H,1,8-10,16-17H2,2-6H3/t19-,20-,21+/m0/s1. The van der Waals surface area contributed by atoms with Crippen molar-refractivity contribution in [2.24, 2.45) is 0 Å². The molecule has 5 aromatic rings. The number of hydrogen-bond donors (Lipinski definition) is 0. The maximum Gasteiger partial charge on any atom is 0.246 e. The number of nitrogens with zero attached hydrogens (tertiary/aromatic N) is 6. The van der Waals surface area contributed by atoms with Crippen LogP contribution in [0.2, 0.25) is 0 Å². The molecule has 9 nitrogen and oxygen atoms in total. The van der Waals surface area contributed by atoms with E-state index in [1.54, 1.807) is 17.2 Å². The Bertz CT molecular complexity index is 2150. The average Bonchev–Trinajstić information content (AvgIpc) is 3.71. The zero-order valence-corrected chi connectivity index (χ0v) is 29.3. The quantitative estimate of drug-likeness (QED) is 0.123. The summed E-state index contributed by atoms with van der Waals surface area (Å²) in [7, 11) is 3.55. The van der Waals surface area contributed by atoms with Crippen molar-refractivity contribution in [2.75, 3.05) is 33.9 Å². The fourth-order valence-electron chi connectivity index (χ4n) is 6.96. The maximum atomic E-state index is 16.3. The number of rotatable bonds is 8. The average molecular weight is 703 g/mol. The molecule has 2 aliphatic rings. The first-order valence-electron chi connectivity index (χ1n) is 16.4. The lowest BCUT2D eigenvalue weighted by Gasteiger charge is -2.36. The fourth-order valence-corrected chi connectivity index (χ4v) is 7.90. The molecule has 0 N–H and O–H groups in total. The third-order valence-corrected chi connectivity index (χ3v) is 10.7. The summed E-state index contributed by atoms with van der Waals surface area (Å²) < 4.78 is 60.5. The molecule has 0 aliphatic carbocycles. The molecule has 3 atom stereocenters. The van der Waals surface area contributed by atoms with Crippen LogP contribution in [-0.4, -0.2) is 75.4 Å². The summed E-state index contributed by atoms with van der Waals surface area (Å²) in [6, 6.07) is 5.40. The van der Waals surface area contributed by atoms with Crippen LogP contribution in [0.5, 0.6) is 5.75 Å². The molecule has 13 heteroatoms. The van der Waals surface area contributed by atoms with E-state index in [0.717, 1.165) is 46.8 Å². The van der Waals surface area contributed by atoms with Crippen molar-refractivity contribution in [1.29, 1.82) is 0 Å². The third kappa shape index (κ3) is 5.76. The van der Waals surface area contributed by atoms with Crippen LogP contribution in [0.15, 0.2) is 48.5 Å². The first kappa shape index (κ1) is 33.9. The number of fused-ring (bicyclic) bond motifs is 3. The Balaban J connectivity index is 1.52. The fraction of sp³-hybridized carbons (Fsp3) is 0.351. The number of aromatic nitrogens is 4. The predicted molar refractivity (Wildman–Crippen MR) is 186 cm³/mol. The van der Waals surface area contributed by atoms with Crippen molar-refractivity contribution in [2.45, 2.75) is 51.9 Å². The van der Waals surface area contributed by atoms with Crippen molar-refractivity contribution in [1.82, 2.24) is 29.5 Å².